The molecule has 6 nitrogen and oxygen atoms in total. The molecule has 0 aromatic heterocycles. The van der Waals surface area contributed by atoms with E-state index in [0.29, 0.717) is 23.7 Å². The number of hydrogen-bond acceptors (Lipinski definition) is 5. The third-order valence-corrected chi connectivity index (χ3v) is 2.81. The molecule has 0 amide bonds. The van der Waals surface area contributed by atoms with Crippen molar-refractivity contribution >= 4 is 24.5 Å². The van der Waals surface area contributed by atoms with E-state index in [0.717, 1.165) is 0 Å². The molecule has 0 heterocycles. The van der Waals surface area contributed by atoms with Crippen LogP contribution in [0.1, 0.15) is 41.4 Å². The molecular formula is C17H14O6. The molecule has 23 heavy (non-hydrogen) atoms. The Hall–Kier alpha value is -3.28. The molecule has 0 bridgehead atoms. The van der Waals surface area contributed by atoms with Crippen molar-refractivity contribution in [3.8, 4) is 0 Å². The number of hydrogen-bond donors (Lipinski definition) is 1. The number of benzene rings is 2. The highest BCUT2D eigenvalue weighted by molar-refractivity contribution is 5.98. The summed E-state index contributed by atoms with van der Waals surface area (Å²) in [5.74, 6) is -1.56. The first-order valence-electron chi connectivity index (χ1n) is 6.45. The van der Waals surface area contributed by atoms with Gasteiger partial charge in [0.15, 0.2) is 12.6 Å². The maximum atomic E-state index is 11.0. The molecule has 2 aromatic carbocycles. The van der Waals surface area contributed by atoms with Crippen molar-refractivity contribution in [1.82, 2.24) is 0 Å². The van der Waals surface area contributed by atoms with Crippen LogP contribution in [0.25, 0.3) is 0 Å². The van der Waals surface area contributed by atoms with E-state index in [9.17, 15) is 19.2 Å². The van der Waals surface area contributed by atoms with Gasteiger partial charge in [-0.3, -0.25) is 9.59 Å². The first kappa shape index (κ1) is 17.8. The Kier molecular flexibility index (Phi) is 6.87. The molecule has 0 saturated heterocycles. The Balaban J connectivity index is 0.000000231. The molecule has 6 heteroatoms. The zero-order valence-corrected chi connectivity index (χ0v) is 12.3. The summed E-state index contributed by atoms with van der Waals surface area (Å²) in [6.45, 7) is 0. The van der Waals surface area contributed by atoms with Crippen LogP contribution >= 0.6 is 0 Å². The number of carbonyl (C=O) groups is 4. The first-order chi connectivity index (χ1) is 11.0. The van der Waals surface area contributed by atoms with Gasteiger partial charge in [-0.1, -0.05) is 36.4 Å². The maximum Gasteiger partial charge on any atom is 0.338 e. The molecule has 0 radical (unpaired) electrons. The van der Waals surface area contributed by atoms with Gasteiger partial charge < -0.3 is 9.84 Å². The van der Waals surface area contributed by atoms with Crippen LogP contribution < -0.4 is 0 Å². The molecule has 0 atom stereocenters. The minimum atomic E-state index is -1.08. The average Bonchev–Trinajstić information content (AvgIpc) is 2.61. The Morgan fingerprint density at radius 3 is 1.70 bits per heavy atom. The zero-order valence-electron chi connectivity index (χ0n) is 12.3. The molecule has 0 aliphatic rings. The number of rotatable bonds is 4. The summed E-state index contributed by atoms with van der Waals surface area (Å²) < 4.78 is 4.48. The van der Waals surface area contributed by atoms with E-state index in [1.54, 1.807) is 36.4 Å². The van der Waals surface area contributed by atoms with Gasteiger partial charge in [-0.25, -0.2) is 9.59 Å². The fraction of sp³-hybridized carbons (Fsp3) is 0.0588. The lowest BCUT2D eigenvalue weighted by Gasteiger charge is -2.00. The van der Waals surface area contributed by atoms with Crippen LogP contribution in [0.15, 0.2) is 48.5 Å². The molecule has 2 rings (SSSR count). The fourth-order valence-corrected chi connectivity index (χ4v) is 1.69. The second-order valence-corrected chi connectivity index (χ2v) is 4.21. The summed E-state index contributed by atoms with van der Waals surface area (Å²) in [4.78, 5) is 42.1. The number of carbonyl (C=O) groups excluding carboxylic acids is 3. The normalized spacial score (nSPS) is 9.09. The monoisotopic (exact) mass is 314 g/mol. The molecule has 118 valence electrons. The van der Waals surface area contributed by atoms with Crippen LogP contribution in [0.5, 0.6) is 0 Å². The van der Waals surface area contributed by atoms with Gasteiger partial charge in [-0.2, -0.15) is 0 Å². The second-order valence-electron chi connectivity index (χ2n) is 4.21. The average molecular weight is 314 g/mol. The van der Waals surface area contributed by atoms with E-state index in [1.807, 2.05) is 0 Å². The Bertz CT molecular complexity index is 721. The lowest BCUT2D eigenvalue weighted by atomic mass is 10.1. The summed E-state index contributed by atoms with van der Waals surface area (Å²) >= 11 is 0. The Morgan fingerprint density at radius 2 is 1.30 bits per heavy atom. The SMILES string of the molecule is COC(=O)c1ccccc1C=O.O=Cc1ccccc1C(=O)O. The topological polar surface area (TPSA) is 97.7 Å². The summed E-state index contributed by atoms with van der Waals surface area (Å²) in [5, 5.41) is 8.54. The summed E-state index contributed by atoms with van der Waals surface area (Å²) in [7, 11) is 1.28. The van der Waals surface area contributed by atoms with Crippen molar-refractivity contribution in [3.05, 3.63) is 70.8 Å². The van der Waals surface area contributed by atoms with E-state index in [2.05, 4.69) is 4.74 Å². The standard InChI is InChI=1S/C9H8O3.C8H6O3/c1-12-9(11)8-5-3-2-4-7(8)6-10;9-5-6-3-1-2-4-7(6)8(10)11/h2-6H,1H3;1-5H,(H,10,11). The van der Waals surface area contributed by atoms with Crippen molar-refractivity contribution in [3.63, 3.8) is 0 Å². The number of carboxylic acid groups (broad SMARTS) is 1. The van der Waals surface area contributed by atoms with Crippen molar-refractivity contribution in [2.45, 2.75) is 0 Å². The van der Waals surface area contributed by atoms with Gasteiger partial charge in [-0.15, -0.1) is 0 Å². The van der Waals surface area contributed by atoms with Crippen molar-refractivity contribution in [1.29, 1.82) is 0 Å². The predicted octanol–water partition coefficient (Wildman–Crippen LogP) is 2.48. The van der Waals surface area contributed by atoms with Gasteiger partial charge in [0.1, 0.15) is 0 Å². The fourth-order valence-electron chi connectivity index (χ4n) is 1.69. The largest absolute Gasteiger partial charge is 0.478 e. The van der Waals surface area contributed by atoms with Crippen LogP contribution in [-0.4, -0.2) is 36.7 Å². The molecular weight excluding hydrogens is 300 g/mol. The van der Waals surface area contributed by atoms with Crippen LogP contribution in [0.4, 0.5) is 0 Å². The molecule has 0 unspecified atom stereocenters. The molecule has 0 aliphatic heterocycles. The van der Waals surface area contributed by atoms with E-state index in [-0.39, 0.29) is 11.1 Å². The number of aromatic carboxylic acids is 1. The first-order valence-corrected chi connectivity index (χ1v) is 6.45. The number of aldehydes is 2. The highest BCUT2D eigenvalue weighted by Gasteiger charge is 2.09. The number of esters is 1. The quantitative estimate of drug-likeness (QED) is 0.687. The Labute approximate surface area is 132 Å². The third kappa shape index (κ3) is 4.89. The van der Waals surface area contributed by atoms with E-state index in [4.69, 9.17) is 5.11 Å². The number of carboxylic acids is 1. The van der Waals surface area contributed by atoms with Gasteiger partial charge in [0.25, 0.3) is 0 Å². The molecule has 0 saturated carbocycles. The van der Waals surface area contributed by atoms with Crippen LogP contribution in [0, 0.1) is 0 Å². The summed E-state index contributed by atoms with van der Waals surface area (Å²) in [5.41, 5.74) is 0.904. The summed E-state index contributed by atoms with van der Waals surface area (Å²) in [6, 6.07) is 12.6. The van der Waals surface area contributed by atoms with Crippen LogP contribution in [0.3, 0.4) is 0 Å². The summed E-state index contributed by atoms with van der Waals surface area (Å²) in [6.07, 6.45) is 1.16. The lowest BCUT2D eigenvalue weighted by Crippen LogP contribution is -2.04. The third-order valence-electron chi connectivity index (χ3n) is 2.81. The van der Waals surface area contributed by atoms with Crippen molar-refractivity contribution in [2.75, 3.05) is 7.11 Å². The predicted molar refractivity (Wildman–Crippen MR) is 82.0 cm³/mol. The van der Waals surface area contributed by atoms with E-state index >= 15 is 0 Å². The van der Waals surface area contributed by atoms with E-state index in [1.165, 1.54) is 19.2 Å². The molecule has 0 spiro atoms. The molecule has 0 fully saturated rings. The minimum Gasteiger partial charge on any atom is -0.478 e. The van der Waals surface area contributed by atoms with Crippen LogP contribution in [-0.2, 0) is 4.74 Å². The van der Waals surface area contributed by atoms with Gasteiger partial charge in [-0.05, 0) is 12.1 Å². The highest BCUT2D eigenvalue weighted by atomic mass is 16.5. The minimum absolute atomic E-state index is 0.0440. The second kappa shape index (κ2) is 8.89. The van der Waals surface area contributed by atoms with E-state index < -0.39 is 11.9 Å². The molecule has 1 N–H and O–H groups in total. The maximum absolute atomic E-state index is 11.0. The van der Waals surface area contributed by atoms with Gasteiger partial charge in [0.05, 0.1) is 18.2 Å². The van der Waals surface area contributed by atoms with Gasteiger partial charge in [0.2, 0.25) is 0 Å². The van der Waals surface area contributed by atoms with Crippen molar-refractivity contribution < 1.29 is 29.0 Å². The number of ether oxygens (including phenoxy) is 1. The number of methoxy groups -OCH3 is 1. The van der Waals surface area contributed by atoms with Gasteiger partial charge >= 0.3 is 11.9 Å². The highest BCUT2D eigenvalue weighted by Crippen LogP contribution is 2.07. The van der Waals surface area contributed by atoms with Gasteiger partial charge in [0, 0.05) is 11.1 Å². The smallest absolute Gasteiger partial charge is 0.338 e. The molecule has 2 aromatic rings. The Morgan fingerprint density at radius 1 is 0.870 bits per heavy atom. The van der Waals surface area contributed by atoms with Crippen molar-refractivity contribution in [2.24, 2.45) is 0 Å². The molecule has 0 aliphatic carbocycles. The van der Waals surface area contributed by atoms with Crippen LogP contribution in [0.2, 0.25) is 0 Å². The zero-order chi connectivity index (χ0) is 17.2. The lowest BCUT2D eigenvalue weighted by molar-refractivity contribution is 0.0597.